The van der Waals surface area contributed by atoms with Crippen molar-refractivity contribution in [2.45, 2.75) is 19.4 Å². The van der Waals surface area contributed by atoms with Crippen LogP contribution >= 0.6 is 0 Å². The number of para-hydroxylation sites is 1. The summed E-state index contributed by atoms with van der Waals surface area (Å²) >= 11 is 0. The van der Waals surface area contributed by atoms with E-state index < -0.39 is 17.3 Å². The van der Waals surface area contributed by atoms with Crippen LogP contribution in [0.4, 0.5) is 14.9 Å². The van der Waals surface area contributed by atoms with E-state index in [2.05, 4.69) is 0 Å². The van der Waals surface area contributed by atoms with Crippen molar-refractivity contribution >= 4 is 17.6 Å². The van der Waals surface area contributed by atoms with E-state index in [-0.39, 0.29) is 30.2 Å². The van der Waals surface area contributed by atoms with Gasteiger partial charge < -0.3 is 4.74 Å². The van der Waals surface area contributed by atoms with E-state index in [4.69, 9.17) is 4.74 Å². The first kappa shape index (κ1) is 14.9. The van der Waals surface area contributed by atoms with Gasteiger partial charge in [-0.15, -0.1) is 0 Å². The van der Waals surface area contributed by atoms with E-state index >= 15 is 0 Å². The van der Waals surface area contributed by atoms with Crippen LogP contribution in [-0.4, -0.2) is 18.4 Å². The Labute approximate surface area is 138 Å². The van der Waals surface area contributed by atoms with Crippen LogP contribution in [0.2, 0.25) is 0 Å². The summed E-state index contributed by atoms with van der Waals surface area (Å²) in [6, 6.07) is 13.6. The van der Waals surface area contributed by atoms with Gasteiger partial charge in [0, 0.05) is 12.1 Å². The van der Waals surface area contributed by atoms with Crippen molar-refractivity contribution in [1.29, 1.82) is 0 Å². The molecule has 2 aromatic carbocycles. The first-order valence-corrected chi connectivity index (χ1v) is 7.92. The molecule has 4 nitrogen and oxygen atoms in total. The normalized spacial score (nSPS) is 17.5. The molecule has 1 aliphatic heterocycles. The van der Waals surface area contributed by atoms with Crippen LogP contribution in [0, 0.1) is 11.2 Å². The zero-order chi connectivity index (χ0) is 16.7. The van der Waals surface area contributed by atoms with Crippen molar-refractivity contribution in [3.05, 3.63) is 65.5 Å². The van der Waals surface area contributed by atoms with E-state index in [0.717, 1.165) is 18.4 Å². The number of nitrogens with zero attached hydrogens (tertiary/aromatic N) is 1. The van der Waals surface area contributed by atoms with Gasteiger partial charge in [-0.2, -0.15) is 0 Å². The molecule has 0 bridgehead atoms. The molecule has 0 aromatic heterocycles. The third-order valence-corrected chi connectivity index (χ3v) is 4.72. The summed E-state index contributed by atoms with van der Waals surface area (Å²) < 4.78 is 19.6. The summed E-state index contributed by atoms with van der Waals surface area (Å²) in [5.74, 6) is -0.642. The monoisotopic (exact) mass is 325 g/mol. The average Bonchev–Trinajstić information content (AvgIpc) is 3.38. The second kappa shape index (κ2) is 5.44. The van der Waals surface area contributed by atoms with E-state index in [9.17, 15) is 14.0 Å². The lowest BCUT2D eigenvalue weighted by molar-refractivity contribution is 0.0890. The summed E-state index contributed by atoms with van der Waals surface area (Å²) in [5.41, 5.74) is 0.620. The molecule has 2 aromatic rings. The summed E-state index contributed by atoms with van der Waals surface area (Å²) in [6.07, 6.45) is 0.832. The Bertz CT molecular complexity index is 815. The molecule has 0 radical (unpaired) electrons. The second-order valence-electron chi connectivity index (χ2n) is 6.37. The van der Waals surface area contributed by atoms with E-state index in [1.54, 1.807) is 6.07 Å². The second-order valence-corrected chi connectivity index (χ2v) is 6.37. The lowest BCUT2D eigenvalue weighted by Crippen LogP contribution is -2.44. The van der Waals surface area contributed by atoms with Gasteiger partial charge in [-0.25, -0.2) is 9.18 Å². The minimum Gasteiger partial charge on any atom is -0.444 e. The number of anilines is 1. The number of hydrogen-bond donors (Lipinski definition) is 0. The minimum atomic E-state index is -0.621. The van der Waals surface area contributed by atoms with Crippen LogP contribution < -0.4 is 4.90 Å². The predicted octanol–water partition coefficient (Wildman–Crippen LogP) is 3.95. The van der Waals surface area contributed by atoms with Crippen molar-refractivity contribution in [3.63, 3.8) is 0 Å². The number of halogens is 1. The first-order chi connectivity index (χ1) is 11.6. The number of hydrogen-bond acceptors (Lipinski definition) is 3. The molecular weight excluding hydrogens is 309 g/mol. The van der Waals surface area contributed by atoms with Crippen LogP contribution in [0.15, 0.2) is 48.5 Å². The molecular formula is C19H16FNO3. The number of Topliss-reactive ketones (excluding diaryl/α,β-unsaturated/α-hetero) is 1. The fraction of sp³-hybridized carbons (Fsp3) is 0.263. The smallest absolute Gasteiger partial charge is 0.414 e. The number of carbonyl (C=O) groups is 2. The Hall–Kier alpha value is -2.69. The molecule has 0 N–H and O–H groups in total. The Balaban J connectivity index is 1.62. The number of carbonyl (C=O) groups excluding carboxylic acids is 2. The van der Waals surface area contributed by atoms with E-state index in [1.807, 2.05) is 30.3 Å². The molecule has 0 atom stereocenters. The molecule has 5 heteroatoms. The van der Waals surface area contributed by atoms with Crippen molar-refractivity contribution in [1.82, 2.24) is 0 Å². The largest absolute Gasteiger partial charge is 0.444 e. The quantitative estimate of drug-likeness (QED) is 0.840. The average molecular weight is 325 g/mol. The third kappa shape index (κ3) is 2.37. The van der Waals surface area contributed by atoms with Crippen molar-refractivity contribution < 1.29 is 18.7 Å². The fourth-order valence-electron chi connectivity index (χ4n) is 3.20. The Morgan fingerprint density at radius 3 is 2.58 bits per heavy atom. The van der Waals surface area contributed by atoms with Gasteiger partial charge in [0.25, 0.3) is 0 Å². The molecule has 2 aliphatic rings. The zero-order valence-corrected chi connectivity index (χ0v) is 13.0. The van der Waals surface area contributed by atoms with Crippen molar-refractivity contribution in [2.75, 3.05) is 11.4 Å². The van der Waals surface area contributed by atoms with Crippen LogP contribution in [0.3, 0.4) is 0 Å². The minimum absolute atomic E-state index is 0.0399. The molecule has 24 heavy (non-hydrogen) atoms. The molecule has 1 heterocycles. The molecule has 1 saturated carbocycles. The molecule has 4 rings (SSSR count). The van der Waals surface area contributed by atoms with Gasteiger partial charge >= 0.3 is 6.09 Å². The third-order valence-electron chi connectivity index (χ3n) is 4.72. The SMILES string of the molecule is O=C(OCc1ccccc1)N1CC2(CC2)C(=O)c2cccc(F)c21. The molecule has 1 spiro atoms. The number of rotatable bonds is 2. The summed E-state index contributed by atoms with van der Waals surface area (Å²) in [4.78, 5) is 26.4. The Morgan fingerprint density at radius 1 is 1.12 bits per heavy atom. The zero-order valence-electron chi connectivity index (χ0n) is 13.0. The maximum Gasteiger partial charge on any atom is 0.414 e. The van der Waals surface area contributed by atoms with Crippen molar-refractivity contribution in [2.24, 2.45) is 5.41 Å². The van der Waals surface area contributed by atoms with Crippen LogP contribution in [0.5, 0.6) is 0 Å². The number of amides is 1. The van der Waals surface area contributed by atoms with Gasteiger partial charge in [0.1, 0.15) is 12.4 Å². The molecule has 0 saturated heterocycles. The lowest BCUT2D eigenvalue weighted by atomic mass is 9.88. The number of fused-ring (bicyclic) bond motifs is 1. The molecule has 122 valence electrons. The highest BCUT2D eigenvalue weighted by Gasteiger charge is 2.56. The van der Waals surface area contributed by atoms with Gasteiger partial charge in [-0.3, -0.25) is 9.69 Å². The van der Waals surface area contributed by atoms with E-state index in [1.165, 1.54) is 17.0 Å². The highest BCUT2D eigenvalue weighted by atomic mass is 19.1. The number of benzene rings is 2. The van der Waals surface area contributed by atoms with Crippen LogP contribution in [0.1, 0.15) is 28.8 Å². The summed E-state index contributed by atoms with van der Waals surface area (Å²) in [6.45, 7) is 0.300. The number of ketones is 1. The van der Waals surface area contributed by atoms with Crippen molar-refractivity contribution in [3.8, 4) is 0 Å². The molecule has 0 unspecified atom stereocenters. The van der Waals surface area contributed by atoms with Gasteiger partial charge in [-0.1, -0.05) is 36.4 Å². The summed E-state index contributed by atoms with van der Waals surface area (Å²) in [5, 5.41) is 0. The molecule has 1 fully saturated rings. The topological polar surface area (TPSA) is 46.6 Å². The lowest BCUT2D eigenvalue weighted by Gasteiger charge is -2.33. The van der Waals surface area contributed by atoms with Gasteiger partial charge in [0.2, 0.25) is 0 Å². The molecule has 1 amide bonds. The standard InChI is InChI=1S/C19H16FNO3/c20-15-8-4-7-14-16(15)21(12-19(9-10-19)17(14)22)18(23)24-11-13-5-2-1-3-6-13/h1-8H,9-12H2. The van der Waals surface area contributed by atoms with Crippen LogP contribution in [-0.2, 0) is 11.3 Å². The van der Waals surface area contributed by atoms with Gasteiger partial charge in [0.15, 0.2) is 5.78 Å². The van der Waals surface area contributed by atoms with E-state index in [0.29, 0.717) is 0 Å². The first-order valence-electron chi connectivity index (χ1n) is 7.92. The molecule has 1 aliphatic carbocycles. The van der Waals surface area contributed by atoms with Gasteiger partial charge in [-0.05, 0) is 30.5 Å². The van der Waals surface area contributed by atoms with Gasteiger partial charge in [0.05, 0.1) is 11.1 Å². The predicted molar refractivity (Wildman–Crippen MR) is 86.4 cm³/mol. The van der Waals surface area contributed by atoms with Crippen LogP contribution in [0.25, 0.3) is 0 Å². The highest BCUT2D eigenvalue weighted by Crippen LogP contribution is 2.53. The maximum absolute atomic E-state index is 14.3. The summed E-state index contributed by atoms with van der Waals surface area (Å²) in [7, 11) is 0. The highest BCUT2D eigenvalue weighted by molar-refractivity contribution is 6.12. The number of ether oxygens (including phenoxy) is 1. The fourth-order valence-corrected chi connectivity index (χ4v) is 3.20. The Kier molecular flexibility index (Phi) is 3.37. The maximum atomic E-state index is 14.3. The Morgan fingerprint density at radius 2 is 1.88 bits per heavy atom.